The van der Waals surface area contributed by atoms with Crippen molar-refractivity contribution in [2.24, 2.45) is 0 Å². The molecule has 3 amide bonds. The normalized spacial score (nSPS) is 12.0. The molecule has 4 N–H and O–H groups in total. The molecule has 0 aliphatic rings. The largest absolute Gasteiger partial charge is 0.480 e. The van der Waals surface area contributed by atoms with Gasteiger partial charge in [-0.25, -0.2) is 4.79 Å². The molecule has 0 bridgehead atoms. The topological polar surface area (TPSA) is 134 Å². The van der Waals surface area contributed by atoms with Crippen molar-refractivity contribution in [1.82, 2.24) is 16.0 Å². The van der Waals surface area contributed by atoms with Crippen LogP contribution in [0.25, 0.3) is 0 Å². The van der Waals surface area contributed by atoms with Crippen molar-refractivity contribution in [2.75, 3.05) is 13.1 Å². The molecule has 0 radical (unpaired) electrons. The fourth-order valence-electron chi connectivity index (χ4n) is 1.11. The van der Waals surface area contributed by atoms with Crippen LogP contribution in [0.2, 0.25) is 0 Å². The molecule has 9 nitrogen and oxygen atoms in total. The van der Waals surface area contributed by atoms with E-state index in [0.29, 0.717) is 0 Å². The summed E-state index contributed by atoms with van der Waals surface area (Å²) in [7, 11) is 0. The number of amides is 3. The summed E-state index contributed by atoms with van der Waals surface area (Å²) >= 11 is 0. The Morgan fingerprint density at radius 3 is 2.14 bits per heavy atom. The molecule has 0 saturated carbocycles. The number of hydrogen-bond acceptors (Lipinski definition) is 5. The van der Waals surface area contributed by atoms with E-state index in [9.17, 15) is 19.2 Å². The molecule has 0 aliphatic carbocycles. The summed E-state index contributed by atoms with van der Waals surface area (Å²) in [4.78, 5) is 44.4. The number of aliphatic carboxylic acids is 1. The summed E-state index contributed by atoms with van der Waals surface area (Å²) in [6.07, 6.45) is -0.750. The van der Waals surface area contributed by atoms with Crippen LogP contribution in [0, 0.1) is 0 Å². The van der Waals surface area contributed by atoms with Crippen LogP contribution in [0.1, 0.15) is 27.7 Å². The number of carbonyl (C=O) groups excluding carboxylic acids is 3. The number of hydrogen-bond donors (Lipinski definition) is 4. The number of carboxylic acids is 1. The maximum absolute atomic E-state index is 11.6. The summed E-state index contributed by atoms with van der Waals surface area (Å²) < 4.78 is 4.97. The quantitative estimate of drug-likeness (QED) is 0.508. The average molecular weight is 303 g/mol. The zero-order chi connectivity index (χ0) is 16.6. The molecule has 21 heavy (non-hydrogen) atoms. The van der Waals surface area contributed by atoms with Crippen molar-refractivity contribution in [1.29, 1.82) is 0 Å². The second kappa shape index (κ2) is 8.08. The highest BCUT2D eigenvalue weighted by Gasteiger charge is 2.21. The van der Waals surface area contributed by atoms with Crippen molar-refractivity contribution < 1.29 is 29.0 Å². The standard InChI is InChI=1S/C12H21N3O6/c1-7(15-11(20)21-12(2,3)4)10(19)14-5-8(16)13-6-9(17)18/h7H,5-6H2,1-4H3,(H,13,16)(H,14,19)(H,15,20)(H,17,18). The molecule has 0 aromatic carbocycles. The number of carbonyl (C=O) groups is 4. The van der Waals surface area contributed by atoms with E-state index in [2.05, 4.69) is 16.0 Å². The predicted molar refractivity (Wildman–Crippen MR) is 72.5 cm³/mol. The third-order valence-corrected chi connectivity index (χ3v) is 1.99. The van der Waals surface area contributed by atoms with Gasteiger partial charge in [-0.15, -0.1) is 0 Å². The van der Waals surface area contributed by atoms with E-state index in [1.165, 1.54) is 6.92 Å². The zero-order valence-electron chi connectivity index (χ0n) is 12.5. The van der Waals surface area contributed by atoms with Crippen LogP contribution < -0.4 is 16.0 Å². The van der Waals surface area contributed by atoms with Crippen LogP contribution in [-0.4, -0.2) is 53.7 Å². The van der Waals surface area contributed by atoms with Gasteiger partial charge in [0.15, 0.2) is 0 Å². The van der Waals surface area contributed by atoms with Gasteiger partial charge in [-0.1, -0.05) is 0 Å². The van der Waals surface area contributed by atoms with Gasteiger partial charge in [0.2, 0.25) is 11.8 Å². The molecule has 120 valence electrons. The first-order chi connectivity index (χ1) is 9.51. The van der Waals surface area contributed by atoms with E-state index < -0.39 is 42.1 Å². The third kappa shape index (κ3) is 10.2. The Morgan fingerprint density at radius 2 is 1.67 bits per heavy atom. The fraction of sp³-hybridized carbons (Fsp3) is 0.667. The monoisotopic (exact) mass is 303 g/mol. The summed E-state index contributed by atoms with van der Waals surface area (Å²) in [5.74, 6) is -2.42. The first-order valence-corrected chi connectivity index (χ1v) is 6.27. The third-order valence-electron chi connectivity index (χ3n) is 1.99. The molecule has 0 heterocycles. The lowest BCUT2D eigenvalue weighted by Crippen LogP contribution is -2.48. The van der Waals surface area contributed by atoms with Crippen molar-refractivity contribution in [3.8, 4) is 0 Å². The number of alkyl carbamates (subject to hydrolysis) is 1. The van der Waals surface area contributed by atoms with E-state index in [4.69, 9.17) is 9.84 Å². The Labute approximate surface area is 122 Å². The summed E-state index contributed by atoms with van der Waals surface area (Å²) in [6, 6.07) is -0.896. The SMILES string of the molecule is CC(NC(=O)OC(C)(C)C)C(=O)NCC(=O)NCC(=O)O. The molecule has 0 rings (SSSR count). The van der Waals surface area contributed by atoms with Crippen LogP contribution in [0.15, 0.2) is 0 Å². The number of carboxylic acid groups (broad SMARTS) is 1. The summed E-state index contributed by atoms with van der Waals surface area (Å²) in [5.41, 5.74) is -0.684. The molecular weight excluding hydrogens is 282 g/mol. The molecular formula is C12H21N3O6. The van der Waals surface area contributed by atoms with E-state index in [1.807, 2.05) is 0 Å². The number of rotatable bonds is 6. The van der Waals surface area contributed by atoms with Crippen LogP contribution in [0.3, 0.4) is 0 Å². The van der Waals surface area contributed by atoms with Crippen LogP contribution in [0.4, 0.5) is 4.79 Å². The summed E-state index contributed by atoms with van der Waals surface area (Å²) in [6.45, 7) is 5.57. The maximum atomic E-state index is 11.6. The van der Waals surface area contributed by atoms with Gasteiger partial charge in [0.25, 0.3) is 0 Å². The lowest BCUT2D eigenvalue weighted by atomic mass is 10.2. The average Bonchev–Trinajstić information content (AvgIpc) is 2.30. The lowest BCUT2D eigenvalue weighted by molar-refractivity contribution is -0.137. The predicted octanol–water partition coefficient (Wildman–Crippen LogP) is -0.783. The molecule has 0 aromatic rings. The molecule has 1 atom stereocenters. The van der Waals surface area contributed by atoms with Gasteiger partial charge in [0.05, 0.1) is 6.54 Å². The van der Waals surface area contributed by atoms with Gasteiger partial charge < -0.3 is 25.8 Å². The molecule has 1 unspecified atom stereocenters. The molecule has 0 fully saturated rings. The van der Waals surface area contributed by atoms with E-state index in [1.54, 1.807) is 20.8 Å². The maximum Gasteiger partial charge on any atom is 0.408 e. The highest BCUT2D eigenvalue weighted by molar-refractivity contribution is 5.90. The van der Waals surface area contributed by atoms with Crippen LogP contribution >= 0.6 is 0 Å². The van der Waals surface area contributed by atoms with Crippen LogP contribution in [0.5, 0.6) is 0 Å². The Kier molecular flexibility index (Phi) is 7.18. The molecule has 0 saturated heterocycles. The molecule has 0 spiro atoms. The van der Waals surface area contributed by atoms with E-state index in [-0.39, 0.29) is 6.54 Å². The van der Waals surface area contributed by atoms with Crippen molar-refractivity contribution in [2.45, 2.75) is 39.3 Å². The smallest absolute Gasteiger partial charge is 0.408 e. The lowest BCUT2D eigenvalue weighted by Gasteiger charge is -2.21. The minimum Gasteiger partial charge on any atom is -0.480 e. The van der Waals surface area contributed by atoms with Gasteiger partial charge in [-0.3, -0.25) is 14.4 Å². The highest BCUT2D eigenvalue weighted by atomic mass is 16.6. The minimum atomic E-state index is -1.19. The van der Waals surface area contributed by atoms with Crippen molar-refractivity contribution >= 4 is 23.9 Å². The van der Waals surface area contributed by atoms with Gasteiger partial charge in [-0.05, 0) is 27.7 Å². The Hall–Kier alpha value is -2.32. The number of ether oxygens (including phenoxy) is 1. The molecule has 9 heteroatoms. The Balaban J connectivity index is 4.08. The van der Waals surface area contributed by atoms with Gasteiger partial charge in [-0.2, -0.15) is 0 Å². The second-order valence-corrected chi connectivity index (χ2v) is 5.26. The van der Waals surface area contributed by atoms with Gasteiger partial charge in [0, 0.05) is 0 Å². The number of nitrogens with one attached hydrogen (secondary N) is 3. The fourth-order valence-corrected chi connectivity index (χ4v) is 1.11. The summed E-state index contributed by atoms with van der Waals surface area (Å²) in [5, 5.41) is 15.0. The Morgan fingerprint density at radius 1 is 1.10 bits per heavy atom. The Bertz CT molecular complexity index is 416. The second-order valence-electron chi connectivity index (χ2n) is 5.26. The van der Waals surface area contributed by atoms with Gasteiger partial charge >= 0.3 is 12.1 Å². The van der Waals surface area contributed by atoms with Crippen molar-refractivity contribution in [3.63, 3.8) is 0 Å². The first kappa shape index (κ1) is 18.7. The van der Waals surface area contributed by atoms with Gasteiger partial charge in [0.1, 0.15) is 18.2 Å². The molecule has 0 aromatic heterocycles. The van der Waals surface area contributed by atoms with E-state index in [0.717, 1.165) is 0 Å². The van der Waals surface area contributed by atoms with E-state index >= 15 is 0 Å². The van der Waals surface area contributed by atoms with Crippen molar-refractivity contribution in [3.05, 3.63) is 0 Å². The first-order valence-electron chi connectivity index (χ1n) is 6.27. The zero-order valence-corrected chi connectivity index (χ0v) is 12.5. The minimum absolute atomic E-state index is 0.382. The molecule has 0 aliphatic heterocycles. The van der Waals surface area contributed by atoms with Crippen LogP contribution in [-0.2, 0) is 19.1 Å². The highest BCUT2D eigenvalue weighted by Crippen LogP contribution is 2.06.